The number of aryl methyl sites for hydroxylation is 1. The van der Waals surface area contributed by atoms with Crippen molar-refractivity contribution in [1.29, 1.82) is 5.41 Å². The SMILES string of the molecule is N=C(/C(N)=C/N(N)c1cccc(CCC(=O)O)c1)c1ccccc1N. The molecular formula is C18H21N5O2. The number of aliphatic carboxylic acids is 1. The highest BCUT2D eigenvalue weighted by Crippen LogP contribution is 2.17. The van der Waals surface area contributed by atoms with Crippen molar-refractivity contribution in [2.45, 2.75) is 12.8 Å². The molecule has 7 nitrogen and oxygen atoms in total. The summed E-state index contributed by atoms with van der Waals surface area (Å²) < 4.78 is 0. The number of para-hydroxylation sites is 1. The number of rotatable bonds is 7. The monoisotopic (exact) mass is 339 g/mol. The highest BCUT2D eigenvalue weighted by Gasteiger charge is 2.10. The van der Waals surface area contributed by atoms with E-state index < -0.39 is 5.97 Å². The van der Waals surface area contributed by atoms with Crippen molar-refractivity contribution in [2.24, 2.45) is 11.6 Å². The maximum absolute atomic E-state index is 10.7. The number of nitrogens with zero attached hydrogens (tertiary/aromatic N) is 1. The van der Waals surface area contributed by atoms with Crippen LogP contribution in [-0.4, -0.2) is 16.8 Å². The lowest BCUT2D eigenvalue weighted by atomic mass is 10.1. The van der Waals surface area contributed by atoms with Gasteiger partial charge in [0.25, 0.3) is 0 Å². The molecule has 2 rings (SSSR count). The Hall–Kier alpha value is -3.32. The van der Waals surface area contributed by atoms with Crippen molar-refractivity contribution >= 4 is 23.1 Å². The zero-order valence-corrected chi connectivity index (χ0v) is 13.6. The number of allylic oxidation sites excluding steroid dienone is 1. The fraction of sp³-hybridized carbons (Fsp3) is 0.111. The van der Waals surface area contributed by atoms with E-state index >= 15 is 0 Å². The molecule has 0 saturated heterocycles. The third kappa shape index (κ3) is 4.82. The van der Waals surface area contributed by atoms with E-state index in [2.05, 4.69) is 0 Å². The van der Waals surface area contributed by atoms with Gasteiger partial charge in [-0.15, -0.1) is 0 Å². The fourth-order valence-corrected chi connectivity index (χ4v) is 2.29. The van der Waals surface area contributed by atoms with Crippen LogP contribution < -0.4 is 22.3 Å². The summed E-state index contributed by atoms with van der Waals surface area (Å²) in [6.45, 7) is 0. The topological polar surface area (TPSA) is 142 Å². The first kappa shape index (κ1) is 18.0. The molecule has 0 unspecified atom stereocenters. The minimum absolute atomic E-state index is 0.0456. The number of carboxylic acids is 1. The number of nitrogens with one attached hydrogen (secondary N) is 1. The van der Waals surface area contributed by atoms with Gasteiger partial charge in [-0.05, 0) is 30.2 Å². The van der Waals surface area contributed by atoms with E-state index in [-0.39, 0.29) is 17.8 Å². The molecule has 2 aromatic rings. The molecule has 0 aliphatic heterocycles. The average Bonchev–Trinajstić information content (AvgIpc) is 2.60. The van der Waals surface area contributed by atoms with E-state index in [9.17, 15) is 4.79 Å². The van der Waals surface area contributed by atoms with E-state index in [4.69, 9.17) is 27.8 Å². The maximum atomic E-state index is 10.7. The van der Waals surface area contributed by atoms with Crippen LogP contribution in [0.25, 0.3) is 0 Å². The van der Waals surface area contributed by atoms with Crippen LogP contribution in [0.5, 0.6) is 0 Å². The molecule has 130 valence electrons. The number of hydrogen-bond donors (Lipinski definition) is 5. The Labute approximate surface area is 145 Å². The van der Waals surface area contributed by atoms with Crippen molar-refractivity contribution in [1.82, 2.24) is 0 Å². The van der Waals surface area contributed by atoms with Gasteiger partial charge in [0.15, 0.2) is 0 Å². The van der Waals surface area contributed by atoms with Crippen LogP contribution in [0.15, 0.2) is 60.4 Å². The number of anilines is 2. The lowest BCUT2D eigenvalue weighted by Crippen LogP contribution is -2.28. The second-order valence-electron chi connectivity index (χ2n) is 5.52. The standard InChI is InChI=1S/C18H21N5O2/c19-15-7-2-1-6-14(15)18(21)16(20)11-23(22)13-5-3-4-12(10-13)8-9-17(24)25/h1-7,10-11,21H,8-9,19-20,22H2,(H,24,25)/b16-11-,21-18?. The van der Waals surface area contributed by atoms with Crippen molar-refractivity contribution in [2.75, 3.05) is 10.7 Å². The Balaban J connectivity index is 2.17. The van der Waals surface area contributed by atoms with Crippen LogP contribution in [0.2, 0.25) is 0 Å². The van der Waals surface area contributed by atoms with Crippen molar-refractivity contribution < 1.29 is 9.90 Å². The Kier molecular flexibility index (Phi) is 5.75. The Morgan fingerprint density at radius 1 is 1.20 bits per heavy atom. The first-order valence-electron chi connectivity index (χ1n) is 7.64. The van der Waals surface area contributed by atoms with Crippen molar-refractivity contribution in [3.8, 4) is 0 Å². The second kappa shape index (κ2) is 7.98. The molecule has 0 heterocycles. The highest BCUT2D eigenvalue weighted by atomic mass is 16.4. The molecule has 0 aliphatic rings. The average molecular weight is 339 g/mol. The third-order valence-electron chi connectivity index (χ3n) is 3.63. The Morgan fingerprint density at radius 3 is 2.60 bits per heavy atom. The van der Waals surface area contributed by atoms with Crippen molar-refractivity contribution in [3.05, 3.63) is 71.6 Å². The van der Waals surface area contributed by atoms with Gasteiger partial charge in [-0.25, -0.2) is 5.84 Å². The molecule has 0 saturated carbocycles. The second-order valence-corrected chi connectivity index (χ2v) is 5.52. The van der Waals surface area contributed by atoms with Crippen LogP contribution in [0.1, 0.15) is 17.5 Å². The van der Waals surface area contributed by atoms with Crippen LogP contribution in [0.3, 0.4) is 0 Å². The normalized spacial score (nSPS) is 11.2. The Bertz CT molecular complexity index is 817. The summed E-state index contributed by atoms with van der Waals surface area (Å²) >= 11 is 0. The molecule has 0 aliphatic carbocycles. The zero-order valence-electron chi connectivity index (χ0n) is 13.6. The molecule has 8 N–H and O–H groups in total. The van der Waals surface area contributed by atoms with Gasteiger partial charge in [-0.2, -0.15) is 0 Å². The number of carboxylic acid groups (broad SMARTS) is 1. The lowest BCUT2D eigenvalue weighted by molar-refractivity contribution is -0.136. The molecular weight excluding hydrogens is 318 g/mol. The number of benzene rings is 2. The minimum atomic E-state index is -0.854. The molecule has 7 heteroatoms. The smallest absolute Gasteiger partial charge is 0.303 e. The van der Waals surface area contributed by atoms with Gasteiger partial charge in [-0.3, -0.25) is 15.2 Å². The van der Waals surface area contributed by atoms with E-state index in [1.807, 2.05) is 6.07 Å². The summed E-state index contributed by atoms with van der Waals surface area (Å²) in [5.74, 6) is 5.15. The van der Waals surface area contributed by atoms with Crippen LogP contribution in [0, 0.1) is 5.41 Å². The van der Waals surface area contributed by atoms with E-state index in [1.165, 1.54) is 11.2 Å². The quantitative estimate of drug-likeness (QED) is 0.225. The summed E-state index contributed by atoms with van der Waals surface area (Å²) in [6, 6.07) is 14.2. The largest absolute Gasteiger partial charge is 0.481 e. The highest BCUT2D eigenvalue weighted by molar-refractivity contribution is 6.13. The molecule has 0 fully saturated rings. The summed E-state index contributed by atoms with van der Waals surface area (Å²) in [7, 11) is 0. The lowest BCUT2D eigenvalue weighted by Gasteiger charge is -2.17. The number of nitrogen functional groups attached to an aromatic ring is 1. The van der Waals surface area contributed by atoms with Gasteiger partial charge in [0.1, 0.15) is 0 Å². The number of hydrazine groups is 1. The van der Waals surface area contributed by atoms with Gasteiger partial charge in [0.2, 0.25) is 0 Å². The van der Waals surface area contributed by atoms with Gasteiger partial charge >= 0.3 is 5.97 Å². The summed E-state index contributed by atoms with van der Waals surface area (Å²) in [5.41, 5.74) is 14.6. The molecule has 25 heavy (non-hydrogen) atoms. The van der Waals surface area contributed by atoms with Crippen molar-refractivity contribution in [3.63, 3.8) is 0 Å². The number of carbonyl (C=O) groups is 1. The zero-order chi connectivity index (χ0) is 18.4. The molecule has 2 aromatic carbocycles. The molecule has 0 amide bonds. The van der Waals surface area contributed by atoms with Crippen LogP contribution in [0.4, 0.5) is 11.4 Å². The van der Waals surface area contributed by atoms with Gasteiger partial charge < -0.3 is 16.6 Å². The molecule has 0 bridgehead atoms. The number of nitrogens with two attached hydrogens (primary N) is 3. The van der Waals surface area contributed by atoms with Crippen LogP contribution >= 0.6 is 0 Å². The van der Waals surface area contributed by atoms with Gasteiger partial charge in [-0.1, -0.05) is 30.3 Å². The maximum Gasteiger partial charge on any atom is 0.303 e. The molecule has 0 aromatic heterocycles. The Morgan fingerprint density at radius 2 is 1.92 bits per heavy atom. The molecule has 0 spiro atoms. The third-order valence-corrected chi connectivity index (χ3v) is 3.63. The molecule has 0 radical (unpaired) electrons. The van der Waals surface area contributed by atoms with Gasteiger partial charge in [0, 0.05) is 23.9 Å². The predicted molar refractivity (Wildman–Crippen MR) is 99.0 cm³/mol. The predicted octanol–water partition coefficient (Wildman–Crippen LogP) is 1.83. The van der Waals surface area contributed by atoms with E-state index in [0.29, 0.717) is 23.4 Å². The summed E-state index contributed by atoms with van der Waals surface area (Å²) in [5, 5.41) is 18.2. The van der Waals surface area contributed by atoms with Crippen LogP contribution in [-0.2, 0) is 11.2 Å². The summed E-state index contributed by atoms with van der Waals surface area (Å²) in [6.07, 6.45) is 1.89. The summed E-state index contributed by atoms with van der Waals surface area (Å²) in [4.78, 5) is 10.7. The number of hydrogen-bond acceptors (Lipinski definition) is 6. The van der Waals surface area contributed by atoms with E-state index in [1.54, 1.807) is 42.5 Å². The fourth-order valence-electron chi connectivity index (χ4n) is 2.29. The first-order valence-corrected chi connectivity index (χ1v) is 7.64. The minimum Gasteiger partial charge on any atom is -0.481 e. The first-order chi connectivity index (χ1) is 11.9. The van der Waals surface area contributed by atoms with Gasteiger partial charge in [0.05, 0.1) is 17.1 Å². The van der Waals surface area contributed by atoms with E-state index in [0.717, 1.165) is 5.56 Å². The molecule has 0 atom stereocenters.